The summed E-state index contributed by atoms with van der Waals surface area (Å²) in [5.41, 5.74) is 6.45. The molecular formula is C19H26FN3O2. The van der Waals surface area contributed by atoms with Gasteiger partial charge in [-0.05, 0) is 56.3 Å². The minimum absolute atomic E-state index is 0.0953. The Morgan fingerprint density at radius 2 is 1.76 bits per heavy atom. The maximum atomic E-state index is 13.0. The van der Waals surface area contributed by atoms with Gasteiger partial charge in [0.05, 0.1) is 6.54 Å². The van der Waals surface area contributed by atoms with Crippen molar-refractivity contribution in [2.45, 2.75) is 38.1 Å². The van der Waals surface area contributed by atoms with Crippen LogP contribution in [-0.2, 0) is 16.0 Å². The molecule has 0 bridgehead atoms. The Morgan fingerprint density at radius 3 is 2.40 bits per heavy atom. The predicted octanol–water partition coefficient (Wildman–Crippen LogP) is 1.56. The van der Waals surface area contributed by atoms with Gasteiger partial charge in [0, 0.05) is 25.0 Å². The van der Waals surface area contributed by atoms with Crippen LogP contribution >= 0.6 is 0 Å². The Hall–Kier alpha value is -1.95. The van der Waals surface area contributed by atoms with Crippen molar-refractivity contribution in [1.29, 1.82) is 0 Å². The van der Waals surface area contributed by atoms with Crippen LogP contribution in [0.3, 0.4) is 0 Å². The number of nitrogens with zero attached hydrogens (tertiary/aromatic N) is 2. The number of rotatable bonds is 5. The third-order valence-electron chi connectivity index (χ3n) is 5.47. The van der Waals surface area contributed by atoms with Crippen molar-refractivity contribution in [1.82, 2.24) is 9.80 Å². The number of likely N-dealkylation sites (tertiary alicyclic amines) is 2. The lowest BCUT2D eigenvalue weighted by molar-refractivity contribution is -0.136. The second kappa shape index (κ2) is 7.95. The fraction of sp³-hybridized carbons (Fsp3) is 0.579. The third-order valence-corrected chi connectivity index (χ3v) is 5.47. The second-order valence-corrected chi connectivity index (χ2v) is 7.15. The van der Waals surface area contributed by atoms with Gasteiger partial charge in [-0.2, -0.15) is 0 Å². The van der Waals surface area contributed by atoms with Gasteiger partial charge in [-0.1, -0.05) is 12.1 Å². The Labute approximate surface area is 148 Å². The Kier molecular flexibility index (Phi) is 5.68. The molecule has 2 amide bonds. The molecule has 2 saturated heterocycles. The Morgan fingerprint density at radius 1 is 1.08 bits per heavy atom. The third kappa shape index (κ3) is 4.57. The van der Waals surface area contributed by atoms with E-state index in [2.05, 4.69) is 4.90 Å². The molecule has 2 fully saturated rings. The zero-order valence-electron chi connectivity index (χ0n) is 14.5. The molecule has 1 aromatic carbocycles. The van der Waals surface area contributed by atoms with E-state index in [-0.39, 0.29) is 23.5 Å². The lowest BCUT2D eigenvalue weighted by Gasteiger charge is -2.33. The van der Waals surface area contributed by atoms with E-state index in [0.29, 0.717) is 38.5 Å². The number of carbonyl (C=O) groups is 2. The first-order valence-corrected chi connectivity index (χ1v) is 9.08. The Balaban J connectivity index is 1.52. The van der Waals surface area contributed by atoms with Crippen molar-refractivity contribution in [3.63, 3.8) is 0 Å². The molecule has 2 heterocycles. The van der Waals surface area contributed by atoms with Crippen molar-refractivity contribution in [2.24, 2.45) is 11.7 Å². The van der Waals surface area contributed by atoms with Gasteiger partial charge in [0.1, 0.15) is 5.82 Å². The van der Waals surface area contributed by atoms with Gasteiger partial charge < -0.3 is 10.6 Å². The van der Waals surface area contributed by atoms with Gasteiger partial charge in [-0.15, -0.1) is 0 Å². The molecule has 1 atom stereocenters. The van der Waals surface area contributed by atoms with Crippen molar-refractivity contribution in [2.75, 3.05) is 26.2 Å². The molecule has 2 aliphatic rings. The van der Waals surface area contributed by atoms with Gasteiger partial charge in [-0.25, -0.2) is 4.39 Å². The first-order valence-electron chi connectivity index (χ1n) is 9.08. The van der Waals surface area contributed by atoms with Crippen molar-refractivity contribution in [3.8, 4) is 0 Å². The molecule has 2 aliphatic heterocycles. The van der Waals surface area contributed by atoms with Gasteiger partial charge >= 0.3 is 0 Å². The number of hydrogen-bond acceptors (Lipinski definition) is 3. The summed E-state index contributed by atoms with van der Waals surface area (Å²) in [7, 11) is 0. The van der Waals surface area contributed by atoms with Crippen LogP contribution in [0, 0.1) is 11.7 Å². The molecule has 0 spiro atoms. The zero-order valence-corrected chi connectivity index (χ0v) is 14.5. The maximum Gasteiger partial charge on any atom is 0.236 e. The van der Waals surface area contributed by atoms with Crippen molar-refractivity contribution in [3.05, 3.63) is 35.6 Å². The van der Waals surface area contributed by atoms with Gasteiger partial charge in [-0.3, -0.25) is 14.5 Å². The molecule has 3 rings (SSSR count). The van der Waals surface area contributed by atoms with Crippen LogP contribution in [0.5, 0.6) is 0 Å². The zero-order chi connectivity index (χ0) is 17.8. The van der Waals surface area contributed by atoms with E-state index in [1.165, 1.54) is 12.1 Å². The molecule has 0 radical (unpaired) electrons. The highest BCUT2D eigenvalue weighted by atomic mass is 19.1. The largest absolute Gasteiger partial charge is 0.369 e. The van der Waals surface area contributed by atoms with Crippen molar-refractivity contribution >= 4 is 11.8 Å². The van der Waals surface area contributed by atoms with E-state index >= 15 is 0 Å². The summed E-state index contributed by atoms with van der Waals surface area (Å²) in [4.78, 5) is 27.9. The Bertz CT molecular complexity index is 612. The van der Waals surface area contributed by atoms with E-state index in [9.17, 15) is 14.0 Å². The fourth-order valence-corrected chi connectivity index (χ4v) is 3.91. The monoisotopic (exact) mass is 347 g/mol. The molecular weight excluding hydrogens is 321 g/mol. The average Bonchev–Trinajstić information content (AvgIpc) is 3.03. The summed E-state index contributed by atoms with van der Waals surface area (Å²) in [6, 6.07) is 6.95. The summed E-state index contributed by atoms with van der Waals surface area (Å²) in [6.07, 6.45) is 4.33. The van der Waals surface area contributed by atoms with E-state index in [1.807, 2.05) is 17.0 Å². The van der Waals surface area contributed by atoms with Crippen LogP contribution in [0.4, 0.5) is 4.39 Å². The number of amides is 2. The summed E-state index contributed by atoms with van der Waals surface area (Å²) >= 11 is 0. The first kappa shape index (κ1) is 17.9. The van der Waals surface area contributed by atoms with Crippen LogP contribution in [-0.4, -0.2) is 53.8 Å². The van der Waals surface area contributed by atoms with Crippen LogP contribution in [0.25, 0.3) is 0 Å². The van der Waals surface area contributed by atoms with Gasteiger partial charge in [0.25, 0.3) is 0 Å². The standard InChI is InChI=1S/C19H26FN3O2/c20-16-5-3-14(4-6-16)12-17-2-1-9-23(17)13-18(24)22-10-7-15(8-11-22)19(21)25/h3-6,15,17H,1-2,7-13H2,(H2,21,25)/t17-/m1/s1. The molecule has 0 unspecified atom stereocenters. The molecule has 0 saturated carbocycles. The average molecular weight is 347 g/mol. The van der Waals surface area contributed by atoms with Gasteiger partial charge in [0.15, 0.2) is 0 Å². The summed E-state index contributed by atoms with van der Waals surface area (Å²) in [5, 5.41) is 0. The van der Waals surface area contributed by atoms with E-state index in [4.69, 9.17) is 5.73 Å². The number of piperidine rings is 1. The molecule has 25 heavy (non-hydrogen) atoms. The fourth-order valence-electron chi connectivity index (χ4n) is 3.91. The topological polar surface area (TPSA) is 66.6 Å². The molecule has 0 aromatic heterocycles. The predicted molar refractivity (Wildman–Crippen MR) is 93.2 cm³/mol. The quantitative estimate of drug-likeness (QED) is 0.879. The SMILES string of the molecule is NC(=O)C1CCN(C(=O)CN2CCC[C@@H]2Cc2ccc(F)cc2)CC1. The van der Waals surface area contributed by atoms with Gasteiger partial charge in [0.2, 0.25) is 11.8 Å². The molecule has 2 N–H and O–H groups in total. The molecule has 136 valence electrons. The summed E-state index contributed by atoms with van der Waals surface area (Å²) in [6.45, 7) is 2.58. The highest BCUT2D eigenvalue weighted by Gasteiger charge is 2.30. The molecule has 1 aromatic rings. The van der Waals surface area contributed by atoms with E-state index in [1.54, 1.807) is 0 Å². The first-order chi connectivity index (χ1) is 12.0. The normalized spacial score (nSPS) is 22.3. The molecule has 5 nitrogen and oxygen atoms in total. The lowest BCUT2D eigenvalue weighted by atomic mass is 9.96. The van der Waals surface area contributed by atoms with Crippen LogP contribution in [0.1, 0.15) is 31.2 Å². The van der Waals surface area contributed by atoms with Crippen LogP contribution < -0.4 is 5.73 Å². The number of primary amides is 1. The summed E-state index contributed by atoms with van der Waals surface area (Å²) in [5.74, 6) is -0.441. The smallest absolute Gasteiger partial charge is 0.236 e. The number of hydrogen-bond donors (Lipinski definition) is 1. The molecule has 6 heteroatoms. The second-order valence-electron chi connectivity index (χ2n) is 7.15. The minimum Gasteiger partial charge on any atom is -0.369 e. The van der Waals surface area contributed by atoms with E-state index in [0.717, 1.165) is 31.4 Å². The summed E-state index contributed by atoms with van der Waals surface area (Å²) < 4.78 is 13.0. The number of carbonyl (C=O) groups excluding carboxylic acids is 2. The number of halogens is 1. The minimum atomic E-state index is -0.258. The van der Waals surface area contributed by atoms with Crippen molar-refractivity contribution < 1.29 is 14.0 Å². The number of nitrogens with two attached hydrogens (primary N) is 1. The van der Waals surface area contributed by atoms with Crippen LogP contribution in [0.15, 0.2) is 24.3 Å². The highest BCUT2D eigenvalue weighted by Crippen LogP contribution is 2.22. The lowest BCUT2D eigenvalue weighted by Crippen LogP contribution is -2.47. The van der Waals surface area contributed by atoms with Crippen LogP contribution in [0.2, 0.25) is 0 Å². The highest BCUT2D eigenvalue weighted by molar-refractivity contribution is 5.80. The number of benzene rings is 1. The van der Waals surface area contributed by atoms with E-state index < -0.39 is 0 Å². The molecule has 0 aliphatic carbocycles. The maximum absolute atomic E-state index is 13.0.